The largest absolute Gasteiger partial charge is 0.462 e. The zero-order valence-corrected chi connectivity index (χ0v) is 14.1. The number of cyclic esters (lactones) is 1. The fourth-order valence-corrected chi connectivity index (χ4v) is 2.09. The number of carbonyl (C=O) groups is 4. The summed E-state index contributed by atoms with van der Waals surface area (Å²) in [5.41, 5.74) is -2.17. The van der Waals surface area contributed by atoms with Gasteiger partial charge in [-0.25, -0.2) is 19.2 Å². The average Bonchev–Trinajstić information content (AvgIpc) is 2.84. The van der Waals surface area contributed by atoms with Crippen LogP contribution in [0.1, 0.15) is 36.9 Å². The van der Waals surface area contributed by atoms with Gasteiger partial charge in [0, 0.05) is 6.92 Å². The van der Waals surface area contributed by atoms with Gasteiger partial charge < -0.3 is 23.4 Å². The normalized spacial score (nSPS) is 12.1. The predicted octanol–water partition coefficient (Wildman–Crippen LogP) is 0.573. The number of hydrogen-bond donors (Lipinski definition) is 0. The second-order valence-corrected chi connectivity index (χ2v) is 4.76. The molecule has 1 aliphatic rings. The Morgan fingerprint density at radius 2 is 1.62 bits per heavy atom. The molecule has 0 radical (unpaired) electrons. The maximum atomic E-state index is 12.1. The highest BCUT2D eigenvalue weighted by molar-refractivity contribution is 6.22. The predicted molar refractivity (Wildman–Crippen MR) is 81.9 cm³/mol. The summed E-state index contributed by atoms with van der Waals surface area (Å²) in [6.45, 7) is 3.90. The maximum absolute atomic E-state index is 12.1. The molecule has 2 heterocycles. The third-order valence-corrected chi connectivity index (χ3v) is 2.97. The van der Waals surface area contributed by atoms with Crippen LogP contribution in [0, 0.1) is 0 Å². The lowest BCUT2D eigenvalue weighted by Crippen LogP contribution is -2.20. The van der Waals surface area contributed by atoms with E-state index in [1.54, 1.807) is 0 Å². The molecule has 138 valence electrons. The van der Waals surface area contributed by atoms with Crippen LogP contribution in [0.15, 0.2) is 20.9 Å². The molecular formula is C16H14O10. The van der Waals surface area contributed by atoms with Crippen molar-refractivity contribution < 1.29 is 42.5 Å². The van der Waals surface area contributed by atoms with Gasteiger partial charge in [-0.05, 0) is 13.8 Å². The van der Waals surface area contributed by atoms with E-state index >= 15 is 0 Å². The first-order valence-electron chi connectivity index (χ1n) is 7.47. The number of carbonyl (C=O) groups excluding carboxylic acids is 4. The average molecular weight is 366 g/mol. The van der Waals surface area contributed by atoms with Crippen molar-refractivity contribution in [3.63, 3.8) is 0 Å². The van der Waals surface area contributed by atoms with Gasteiger partial charge in [-0.3, -0.25) is 4.79 Å². The Morgan fingerprint density at radius 3 is 2.12 bits per heavy atom. The minimum Gasteiger partial charge on any atom is -0.462 e. The van der Waals surface area contributed by atoms with Crippen molar-refractivity contribution in [2.45, 2.75) is 20.8 Å². The molecule has 10 heteroatoms. The Labute approximate surface area is 146 Å². The molecule has 1 aromatic rings. The van der Waals surface area contributed by atoms with E-state index in [1.807, 2.05) is 0 Å². The smallest absolute Gasteiger partial charge is 0.351 e. The molecule has 1 aliphatic heterocycles. The number of rotatable bonds is 5. The number of hydrogen-bond acceptors (Lipinski definition) is 10. The topological polar surface area (TPSA) is 135 Å². The molecule has 2 rings (SSSR count). The Bertz CT molecular complexity index is 854. The first-order chi connectivity index (χ1) is 12.3. The summed E-state index contributed by atoms with van der Waals surface area (Å²) in [5.74, 6) is -5.76. The molecule has 0 fully saturated rings. The third kappa shape index (κ3) is 3.63. The van der Waals surface area contributed by atoms with Crippen LogP contribution < -0.4 is 10.4 Å². The second kappa shape index (κ2) is 7.64. The third-order valence-electron chi connectivity index (χ3n) is 2.97. The van der Waals surface area contributed by atoms with Crippen LogP contribution in [-0.4, -0.2) is 37.1 Å². The highest BCUT2D eigenvalue weighted by atomic mass is 16.6. The van der Waals surface area contributed by atoms with Crippen LogP contribution in [0.4, 0.5) is 0 Å². The Kier molecular flexibility index (Phi) is 5.55. The quantitative estimate of drug-likeness (QED) is 0.239. The fourth-order valence-electron chi connectivity index (χ4n) is 2.09. The first kappa shape index (κ1) is 18.9. The summed E-state index contributed by atoms with van der Waals surface area (Å²) < 4.78 is 24.1. The van der Waals surface area contributed by atoms with Gasteiger partial charge in [-0.15, -0.1) is 0 Å². The second-order valence-electron chi connectivity index (χ2n) is 4.76. The summed E-state index contributed by atoms with van der Waals surface area (Å²) >= 11 is 0. The van der Waals surface area contributed by atoms with Crippen LogP contribution >= 0.6 is 0 Å². The van der Waals surface area contributed by atoms with Crippen LogP contribution in [0.3, 0.4) is 0 Å². The van der Waals surface area contributed by atoms with E-state index in [1.165, 1.54) is 13.8 Å². The zero-order valence-electron chi connectivity index (χ0n) is 14.1. The monoisotopic (exact) mass is 366 g/mol. The summed E-state index contributed by atoms with van der Waals surface area (Å²) in [6, 6.07) is 0.763. The summed E-state index contributed by atoms with van der Waals surface area (Å²) in [5, 5.41) is 0. The minimum atomic E-state index is -1.14. The SMILES string of the molecule is CCOC(=O)C(C(=O)OCC)=C1OC(=O)c2c(OC(C)=O)cc(=O)oc21. The van der Waals surface area contributed by atoms with E-state index in [2.05, 4.69) is 0 Å². The maximum Gasteiger partial charge on any atom is 0.351 e. The van der Waals surface area contributed by atoms with Crippen molar-refractivity contribution in [3.05, 3.63) is 33.4 Å². The van der Waals surface area contributed by atoms with E-state index in [4.69, 9.17) is 23.4 Å². The number of esters is 4. The van der Waals surface area contributed by atoms with Crippen LogP contribution in [0.2, 0.25) is 0 Å². The van der Waals surface area contributed by atoms with E-state index in [0.717, 1.165) is 13.0 Å². The molecule has 26 heavy (non-hydrogen) atoms. The Hall–Kier alpha value is -3.43. The van der Waals surface area contributed by atoms with E-state index < -0.39 is 57.9 Å². The van der Waals surface area contributed by atoms with Gasteiger partial charge in [-0.1, -0.05) is 0 Å². The highest BCUT2D eigenvalue weighted by Crippen LogP contribution is 2.37. The molecule has 0 bridgehead atoms. The zero-order chi connectivity index (χ0) is 19.4. The molecule has 0 saturated heterocycles. The highest BCUT2D eigenvalue weighted by Gasteiger charge is 2.41. The van der Waals surface area contributed by atoms with Crippen LogP contribution in [0.25, 0.3) is 5.76 Å². The fraction of sp³-hybridized carbons (Fsp3) is 0.312. The standard InChI is InChI=1S/C16H14O10/c1-4-22-14(19)11(15(20)23-5-2)13-12-10(16(21)26-13)8(24-7(3)17)6-9(18)25-12/h6H,4-5H2,1-3H3. The van der Waals surface area contributed by atoms with Gasteiger partial charge in [0.2, 0.25) is 0 Å². The first-order valence-corrected chi connectivity index (χ1v) is 7.47. The van der Waals surface area contributed by atoms with Crippen molar-refractivity contribution in [2.75, 3.05) is 13.2 Å². The molecule has 10 nitrogen and oxygen atoms in total. The van der Waals surface area contributed by atoms with Gasteiger partial charge in [-0.2, -0.15) is 0 Å². The molecule has 0 amide bonds. The van der Waals surface area contributed by atoms with Crippen molar-refractivity contribution >= 4 is 29.6 Å². The molecular weight excluding hydrogens is 352 g/mol. The van der Waals surface area contributed by atoms with Gasteiger partial charge in [0.25, 0.3) is 0 Å². The number of ether oxygens (including phenoxy) is 4. The van der Waals surface area contributed by atoms with Gasteiger partial charge in [0.1, 0.15) is 5.56 Å². The van der Waals surface area contributed by atoms with Crippen LogP contribution in [-0.2, 0) is 28.6 Å². The van der Waals surface area contributed by atoms with E-state index in [9.17, 15) is 24.0 Å². The van der Waals surface area contributed by atoms with Crippen molar-refractivity contribution in [1.29, 1.82) is 0 Å². The Morgan fingerprint density at radius 1 is 1.04 bits per heavy atom. The van der Waals surface area contributed by atoms with Crippen LogP contribution in [0.5, 0.6) is 5.75 Å². The minimum absolute atomic E-state index is 0.0761. The summed E-state index contributed by atoms with van der Waals surface area (Å²) in [6.07, 6.45) is 0. The lowest BCUT2D eigenvalue weighted by atomic mass is 10.1. The Balaban J connectivity index is 2.73. The molecule has 0 saturated carbocycles. The number of fused-ring (bicyclic) bond motifs is 1. The lowest BCUT2D eigenvalue weighted by Gasteiger charge is -2.08. The van der Waals surface area contributed by atoms with E-state index in [0.29, 0.717) is 0 Å². The lowest BCUT2D eigenvalue weighted by molar-refractivity contribution is -0.146. The molecule has 0 atom stereocenters. The van der Waals surface area contributed by atoms with Gasteiger partial charge in [0.05, 0.1) is 19.3 Å². The molecule has 1 aromatic heterocycles. The van der Waals surface area contributed by atoms with E-state index in [-0.39, 0.29) is 13.2 Å². The molecule has 0 N–H and O–H groups in total. The summed E-state index contributed by atoms with van der Waals surface area (Å²) in [4.78, 5) is 59.3. The van der Waals surface area contributed by atoms with Crippen molar-refractivity contribution in [3.8, 4) is 5.75 Å². The molecule has 0 aliphatic carbocycles. The van der Waals surface area contributed by atoms with Gasteiger partial charge in [0.15, 0.2) is 22.8 Å². The summed E-state index contributed by atoms with van der Waals surface area (Å²) in [7, 11) is 0. The molecule has 0 unspecified atom stereocenters. The van der Waals surface area contributed by atoms with Gasteiger partial charge >= 0.3 is 29.5 Å². The van der Waals surface area contributed by atoms with Crippen molar-refractivity contribution in [2.24, 2.45) is 0 Å². The van der Waals surface area contributed by atoms with Crippen molar-refractivity contribution in [1.82, 2.24) is 0 Å². The molecule has 0 spiro atoms. The molecule has 0 aromatic carbocycles.